The van der Waals surface area contributed by atoms with Gasteiger partial charge in [-0.15, -0.1) is 0 Å². The number of hydrogen-bond acceptors (Lipinski definition) is 2. The summed E-state index contributed by atoms with van der Waals surface area (Å²) in [6, 6.07) is 4.77. The monoisotopic (exact) mass is 257 g/mol. The van der Waals surface area contributed by atoms with Crippen LogP contribution in [-0.4, -0.2) is 18.2 Å². The summed E-state index contributed by atoms with van der Waals surface area (Å²) in [5.74, 6) is -0.264. The number of hydrogen-bond donors (Lipinski definition) is 1. The van der Waals surface area contributed by atoms with Gasteiger partial charge in [-0.2, -0.15) is 0 Å². The van der Waals surface area contributed by atoms with Crippen LogP contribution in [0, 0.1) is 5.82 Å². The largest absolute Gasteiger partial charge is 0.377 e. The van der Waals surface area contributed by atoms with Crippen molar-refractivity contribution in [2.75, 3.05) is 6.61 Å². The summed E-state index contributed by atoms with van der Waals surface area (Å²) >= 11 is 5.71. The molecule has 1 aliphatic heterocycles. The summed E-state index contributed by atoms with van der Waals surface area (Å²) in [6.45, 7) is 5.40. The molecule has 2 unspecified atom stereocenters. The molecule has 94 valence electrons. The van der Waals surface area contributed by atoms with E-state index in [1.54, 1.807) is 12.1 Å². The standard InChI is InChI=1S/C13H17ClFNO/c1-9-13(2,5-6-17-9)16-8-10-3-4-11(14)7-12(10)15/h3-4,7,9,16H,5-6,8H2,1-2H3. The Hall–Kier alpha value is -0.640. The number of rotatable bonds is 3. The molecule has 2 rings (SSSR count). The van der Waals surface area contributed by atoms with Gasteiger partial charge in [-0.1, -0.05) is 17.7 Å². The van der Waals surface area contributed by atoms with Crippen LogP contribution in [0.5, 0.6) is 0 Å². The first-order valence-electron chi connectivity index (χ1n) is 5.82. The summed E-state index contributed by atoms with van der Waals surface area (Å²) in [6.07, 6.45) is 1.10. The van der Waals surface area contributed by atoms with Crippen LogP contribution in [0.25, 0.3) is 0 Å². The lowest BCUT2D eigenvalue weighted by Crippen LogP contribution is -2.47. The van der Waals surface area contributed by atoms with E-state index in [0.717, 1.165) is 13.0 Å². The quantitative estimate of drug-likeness (QED) is 0.898. The Balaban J connectivity index is 2.02. The van der Waals surface area contributed by atoms with E-state index in [1.165, 1.54) is 6.07 Å². The Kier molecular flexibility index (Phi) is 3.71. The van der Waals surface area contributed by atoms with Crippen LogP contribution in [-0.2, 0) is 11.3 Å². The van der Waals surface area contributed by atoms with Gasteiger partial charge in [0, 0.05) is 29.3 Å². The average Bonchev–Trinajstić information content (AvgIpc) is 2.59. The van der Waals surface area contributed by atoms with Crippen molar-refractivity contribution in [1.82, 2.24) is 5.32 Å². The fourth-order valence-corrected chi connectivity index (χ4v) is 2.19. The minimum absolute atomic E-state index is 0.0773. The molecule has 1 saturated heterocycles. The Morgan fingerprint density at radius 3 is 2.94 bits per heavy atom. The molecule has 2 atom stereocenters. The van der Waals surface area contributed by atoms with Crippen LogP contribution in [0.1, 0.15) is 25.8 Å². The number of nitrogens with one attached hydrogen (secondary N) is 1. The second kappa shape index (κ2) is 4.92. The predicted octanol–water partition coefficient (Wildman–Crippen LogP) is 3.14. The van der Waals surface area contributed by atoms with Gasteiger partial charge in [0.05, 0.1) is 6.10 Å². The van der Waals surface area contributed by atoms with Gasteiger partial charge >= 0.3 is 0 Å². The van der Waals surface area contributed by atoms with Crippen molar-refractivity contribution < 1.29 is 9.13 Å². The first-order valence-corrected chi connectivity index (χ1v) is 6.20. The van der Waals surface area contributed by atoms with Gasteiger partial charge in [-0.3, -0.25) is 0 Å². The molecule has 0 bridgehead atoms. The van der Waals surface area contributed by atoms with Crippen molar-refractivity contribution in [3.63, 3.8) is 0 Å². The molecule has 0 radical (unpaired) electrons. The zero-order valence-electron chi connectivity index (χ0n) is 10.1. The molecule has 0 spiro atoms. The molecule has 4 heteroatoms. The average molecular weight is 258 g/mol. The first-order chi connectivity index (χ1) is 8.01. The lowest BCUT2D eigenvalue weighted by molar-refractivity contribution is 0.0880. The van der Waals surface area contributed by atoms with Crippen LogP contribution in [0.4, 0.5) is 4.39 Å². The van der Waals surface area contributed by atoms with E-state index in [0.29, 0.717) is 17.1 Å². The van der Waals surface area contributed by atoms with Crippen LogP contribution >= 0.6 is 11.6 Å². The van der Waals surface area contributed by atoms with Gasteiger partial charge in [-0.05, 0) is 32.4 Å². The highest BCUT2D eigenvalue weighted by Crippen LogP contribution is 2.26. The van der Waals surface area contributed by atoms with Crippen LogP contribution in [0.3, 0.4) is 0 Å². The maximum absolute atomic E-state index is 13.6. The summed E-state index contributed by atoms with van der Waals surface area (Å²) in [5, 5.41) is 3.80. The van der Waals surface area contributed by atoms with Gasteiger partial charge in [0.2, 0.25) is 0 Å². The van der Waals surface area contributed by atoms with Crippen molar-refractivity contribution in [3.8, 4) is 0 Å². The molecule has 0 aliphatic carbocycles. The highest BCUT2D eigenvalue weighted by atomic mass is 35.5. The molecule has 2 nitrogen and oxygen atoms in total. The molecular formula is C13H17ClFNO. The van der Waals surface area contributed by atoms with E-state index < -0.39 is 0 Å². The fourth-order valence-electron chi connectivity index (χ4n) is 2.03. The predicted molar refractivity (Wildman–Crippen MR) is 66.7 cm³/mol. The van der Waals surface area contributed by atoms with Crippen molar-refractivity contribution in [2.24, 2.45) is 0 Å². The lowest BCUT2D eigenvalue weighted by atomic mass is 9.94. The molecule has 0 aromatic heterocycles. The van der Waals surface area contributed by atoms with Gasteiger partial charge in [0.15, 0.2) is 0 Å². The molecule has 0 amide bonds. The highest BCUT2D eigenvalue weighted by Gasteiger charge is 2.36. The summed E-state index contributed by atoms with van der Waals surface area (Å²) < 4.78 is 19.1. The zero-order chi connectivity index (χ0) is 12.5. The molecule has 1 heterocycles. The minimum atomic E-state index is -0.264. The Morgan fingerprint density at radius 2 is 2.35 bits per heavy atom. The maximum atomic E-state index is 13.6. The molecule has 17 heavy (non-hydrogen) atoms. The summed E-state index contributed by atoms with van der Waals surface area (Å²) in [7, 11) is 0. The van der Waals surface area contributed by atoms with E-state index in [-0.39, 0.29) is 17.5 Å². The third kappa shape index (κ3) is 2.79. The van der Waals surface area contributed by atoms with Crippen molar-refractivity contribution in [1.29, 1.82) is 0 Å². The molecule has 1 aromatic carbocycles. The second-order valence-corrected chi connectivity index (χ2v) is 5.21. The Labute approximate surface area is 106 Å². The molecule has 1 fully saturated rings. The maximum Gasteiger partial charge on any atom is 0.129 e. The fraction of sp³-hybridized carbons (Fsp3) is 0.538. The molecule has 1 aromatic rings. The summed E-state index contributed by atoms with van der Waals surface area (Å²) in [5.41, 5.74) is 0.557. The highest BCUT2D eigenvalue weighted by molar-refractivity contribution is 6.30. The number of benzene rings is 1. The van der Waals surface area contributed by atoms with Crippen molar-refractivity contribution in [2.45, 2.75) is 38.5 Å². The zero-order valence-corrected chi connectivity index (χ0v) is 10.9. The van der Waals surface area contributed by atoms with Crippen LogP contribution in [0.15, 0.2) is 18.2 Å². The Bertz CT molecular complexity index is 412. The molecule has 1 aliphatic rings. The van der Waals surface area contributed by atoms with Crippen LogP contribution in [0.2, 0.25) is 5.02 Å². The number of ether oxygens (including phenoxy) is 1. The second-order valence-electron chi connectivity index (χ2n) is 4.77. The van der Waals surface area contributed by atoms with Crippen molar-refractivity contribution in [3.05, 3.63) is 34.6 Å². The van der Waals surface area contributed by atoms with E-state index in [2.05, 4.69) is 12.2 Å². The minimum Gasteiger partial charge on any atom is -0.377 e. The topological polar surface area (TPSA) is 21.3 Å². The van der Waals surface area contributed by atoms with Crippen LogP contribution < -0.4 is 5.32 Å². The Morgan fingerprint density at radius 1 is 1.59 bits per heavy atom. The molecule has 0 saturated carbocycles. The lowest BCUT2D eigenvalue weighted by Gasteiger charge is -2.29. The van der Waals surface area contributed by atoms with Gasteiger partial charge < -0.3 is 10.1 Å². The van der Waals surface area contributed by atoms with Gasteiger partial charge in [-0.25, -0.2) is 4.39 Å². The van der Waals surface area contributed by atoms with E-state index in [1.807, 2.05) is 6.92 Å². The third-order valence-electron chi connectivity index (χ3n) is 3.58. The first kappa shape index (κ1) is 12.8. The van der Waals surface area contributed by atoms with E-state index in [9.17, 15) is 4.39 Å². The summed E-state index contributed by atoms with van der Waals surface area (Å²) in [4.78, 5) is 0. The SMILES string of the molecule is CC1OCCC1(C)NCc1ccc(Cl)cc1F. The van der Waals surface area contributed by atoms with E-state index in [4.69, 9.17) is 16.3 Å². The molecular weight excluding hydrogens is 241 g/mol. The normalized spacial score (nSPS) is 28.6. The third-order valence-corrected chi connectivity index (χ3v) is 3.82. The molecule has 1 N–H and O–H groups in total. The van der Waals surface area contributed by atoms with Crippen molar-refractivity contribution >= 4 is 11.6 Å². The van der Waals surface area contributed by atoms with Gasteiger partial charge in [0.1, 0.15) is 5.82 Å². The van der Waals surface area contributed by atoms with Gasteiger partial charge in [0.25, 0.3) is 0 Å². The smallest absolute Gasteiger partial charge is 0.129 e. The van der Waals surface area contributed by atoms with E-state index >= 15 is 0 Å². The number of halogens is 2.